The van der Waals surface area contributed by atoms with Crippen molar-refractivity contribution in [2.24, 2.45) is 5.41 Å². The minimum atomic E-state index is -0.362. The van der Waals surface area contributed by atoms with Crippen molar-refractivity contribution in [2.45, 2.75) is 60.5 Å². The third kappa shape index (κ3) is 11.8. The van der Waals surface area contributed by atoms with Crippen LogP contribution in [-0.4, -0.2) is 13.1 Å². The van der Waals surface area contributed by atoms with E-state index in [-0.39, 0.29) is 35.1 Å². The summed E-state index contributed by atoms with van der Waals surface area (Å²) in [5, 5.41) is 0. The van der Waals surface area contributed by atoms with Crippen LogP contribution in [0.25, 0.3) is 0 Å². The second-order valence-electron chi connectivity index (χ2n) is 11.2. The molecule has 0 aliphatic heterocycles. The summed E-state index contributed by atoms with van der Waals surface area (Å²) < 4.78 is 11.0. The summed E-state index contributed by atoms with van der Waals surface area (Å²) in [5.41, 5.74) is 7.11. The van der Waals surface area contributed by atoms with Crippen molar-refractivity contribution in [1.29, 1.82) is 0 Å². The molecular weight excluding hydrogens is 560 g/mol. The van der Waals surface area contributed by atoms with Gasteiger partial charge in [-0.1, -0.05) is 67.5 Å². The second kappa shape index (κ2) is 18.4. The van der Waals surface area contributed by atoms with E-state index in [9.17, 15) is 4.79 Å². The Morgan fingerprint density at radius 2 is 1.62 bits per heavy atom. The predicted molar refractivity (Wildman–Crippen MR) is 170 cm³/mol. The van der Waals surface area contributed by atoms with Gasteiger partial charge in [0, 0.05) is 17.6 Å². The van der Waals surface area contributed by atoms with E-state index >= 15 is 0 Å². The summed E-state index contributed by atoms with van der Waals surface area (Å²) in [4.78, 5) is 12.3. The van der Waals surface area contributed by atoms with Gasteiger partial charge in [-0.3, -0.25) is 0 Å². The standard InChI is InChI=1S/C33H39O3.C5H5.Fe/c1-24(16-19-30-26(3)13-10-20-33(30,4)5)11-9-12-25(2)21-32(34)36-23-27-17-18-29(31(22-27)35-6)28-14-7-8-15-28;1-2-4-5-3-1;/h7-9,11-12,14-19,21-22H,10,13,20,23H2,1-6H3;1-5H;/q;;+2/b12-9+,19-16+,24-11+,25-21+;;. The minimum Gasteiger partial charge on any atom is -0.496 e. The molecule has 2 saturated carbocycles. The Bertz CT molecular complexity index is 1150. The Balaban J connectivity index is 0.000000927. The zero-order chi connectivity index (χ0) is 29.7. The van der Waals surface area contributed by atoms with E-state index in [4.69, 9.17) is 9.47 Å². The molecule has 3 aliphatic carbocycles. The van der Waals surface area contributed by atoms with Crippen LogP contribution in [0.5, 0.6) is 5.75 Å². The number of benzene rings is 1. The van der Waals surface area contributed by atoms with Crippen molar-refractivity contribution in [1.82, 2.24) is 0 Å². The Morgan fingerprint density at radius 3 is 2.24 bits per heavy atom. The number of hydrogen-bond acceptors (Lipinski definition) is 3. The first kappa shape index (κ1) is 35.9. The molecule has 0 amide bonds. The van der Waals surface area contributed by atoms with Crippen molar-refractivity contribution in [3.63, 3.8) is 0 Å². The molecule has 4 heteroatoms. The summed E-state index contributed by atoms with van der Waals surface area (Å²) in [5.74, 6) is 1.50. The van der Waals surface area contributed by atoms with Crippen LogP contribution in [0.1, 0.15) is 65.0 Å². The number of carbonyl (C=O) groups is 1. The molecule has 1 aromatic carbocycles. The van der Waals surface area contributed by atoms with E-state index in [0.717, 1.165) is 28.4 Å². The second-order valence-corrected chi connectivity index (χ2v) is 11.2. The molecule has 0 N–H and O–H groups in total. The van der Waals surface area contributed by atoms with Crippen LogP contribution in [0.4, 0.5) is 0 Å². The van der Waals surface area contributed by atoms with Crippen LogP contribution in [0.15, 0.2) is 76.9 Å². The molecule has 0 spiro atoms. The molecule has 2 fully saturated rings. The summed E-state index contributed by atoms with van der Waals surface area (Å²) in [6.45, 7) is 11.1. The first-order chi connectivity index (χ1) is 19.7. The first-order valence-electron chi connectivity index (χ1n) is 14.3. The third-order valence-corrected chi connectivity index (χ3v) is 7.30. The quantitative estimate of drug-likeness (QED) is 0.122. The maximum atomic E-state index is 12.3. The van der Waals surface area contributed by atoms with Crippen LogP contribution >= 0.6 is 0 Å². The van der Waals surface area contributed by atoms with Crippen molar-refractivity contribution in [3.8, 4) is 5.75 Å². The van der Waals surface area contributed by atoms with E-state index in [0.29, 0.717) is 0 Å². The molecule has 42 heavy (non-hydrogen) atoms. The molecule has 0 atom stereocenters. The summed E-state index contributed by atoms with van der Waals surface area (Å²) >= 11 is 0. The monoisotopic (exact) mass is 604 g/mol. The van der Waals surface area contributed by atoms with Gasteiger partial charge in [-0.25, -0.2) is 4.79 Å². The third-order valence-electron chi connectivity index (χ3n) is 7.30. The molecule has 3 aliphatic rings. The van der Waals surface area contributed by atoms with Gasteiger partial charge in [-0.15, -0.1) is 0 Å². The van der Waals surface area contributed by atoms with Gasteiger partial charge in [-0.05, 0) is 126 Å². The SMILES string of the molecule is COc1cc(COC(=O)/C=C(C)/C=C/C=C(C)/C=C/C2=C(C)CCCC2(C)C)ccc1[C]1[CH][CH][CH][CH]1.[CH]1[CH][CH][CH][CH]1.[Fe+2]. The molecule has 0 saturated heterocycles. The van der Waals surface area contributed by atoms with Gasteiger partial charge in [0.05, 0.1) is 7.11 Å². The van der Waals surface area contributed by atoms with Crippen molar-refractivity contribution < 1.29 is 31.3 Å². The summed E-state index contributed by atoms with van der Waals surface area (Å²) in [6.07, 6.45) is 33.7. The van der Waals surface area contributed by atoms with E-state index in [1.165, 1.54) is 42.1 Å². The molecule has 0 aromatic heterocycles. The normalized spacial score (nSPS) is 19.6. The van der Waals surface area contributed by atoms with Gasteiger partial charge in [-0.2, -0.15) is 0 Å². The molecule has 220 valence electrons. The Morgan fingerprint density at radius 1 is 0.952 bits per heavy atom. The largest absolute Gasteiger partial charge is 2.00 e. The summed E-state index contributed by atoms with van der Waals surface area (Å²) in [6, 6.07) is 5.87. The maximum absolute atomic E-state index is 12.3. The molecule has 0 unspecified atom stereocenters. The van der Waals surface area contributed by atoms with Gasteiger partial charge >= 0.3 is 23.0 Å². The zero-order valence-corrected chi connectivity index (χ0v) is 26.9. The molecule has 10 radical (unpaired) electrons. The average molecular weight is 605 g/mol. The Labute approximate surface area is 267 Å². The molecular formula is C38H44FeO3+2. The molecule has 4 rings (SSSR count). The number of rotatable bonds is 9. The average Bonchev–Trinajstić information content (AvgIpc) is 3.69. The van der Waals surface area contributed by atoms with E-state index in [2.05, 4.69) is 45.9 Å². The van der Waals surface area contributed by atoms with Crippen LogP contribution in [0.3, 0.4) is 0 Å². The van der Waals surface area contributed by atoms with E-state index < -0.39 is 0 Å². The van der Waals surface area contributed by atoms with Gasteiger partial charge < -0.3 is 9.47 Å². The topological polar surface area (TPSA) is 35.5 Å². The van der Waals surface area contributed by atoms with Crippen LogP contribution < -0.4 is 4.74 Å². The summed E-state index contributed by atoms with van der Waals surface area (Å²) in [7, 11) is 1.65. The van der Waals surface area contributed by atoms with Crippen molar-refractivity contribution in [3.05, 3.63) is 152 Å². The fourth-order valence-electron chi connectivity index (χ4n) is 5.00. The number of esters is 1. The van der Waals surface area contributed by atoms with Crippen molar-refractivity contribution >= 4 is 5.97 Å². The van der Waals surface area contributed by atoms with Gasteiger partial charge in [0.2, 0.25) is 0 Å². The maximum Gasteiger partial charge on any atom is 2.00 e. The fraction of sp³-hybridized carbons (Fsp3) is 0.289. The zero-order valence-electron chi connectivity index (χ0n) is 25.8. The molecule has 1 aromatic rings. The number of methoxy groups -OCH3 is 1. The Kier molecular flexibility index (Phi) is 15.7. The fourth-order valence-corrected chi connectivity index (χ4v) is 5.00. The van der Waals surface area contributed by atoms with E-state index in [1.54, 1.807) is 7.11 Å². The number of ether oxygens (including phenoxy) is 2. The number of hydrogen-bond donors (Lipinski definition) is 0. The number of carbonyl (C=O) groups excluding carboxylic acids is 1. The van der Waals surface area contributed by atoms with Gasteiger partial charge in [0.1, 0.15) is 12.4 Å². The van der Waals surface area contributed by atoms with Crippen LogP contribution in [0, 0.1) is 69.1 Å². The van der Waals surface area contributed by atoms with Crippen LogP contribution in [-0.2, 0) is 33.2 Å². The van der Waals surface area contributed by atoms with Gasteiger partial charge in [0.15, 0.2) is 0 Å². The predicted octanol–water partition coefficient (Wildman–Crippen LogP) is 9.04. The molecule has 0 bridgehead atoms. The smallest absolute Gasteiger partial charge is 0.496 e. The molecule has 3 nitrogen and oxygen atoms in total. The molecule has 0 heterocycles. The number of allylic oxidation sites excluding steroid dienone is 9. The Hall–Kier alpha value is -2.29. The first-order valence-corrected chi connectivity index (χ1v) is 14.3. The van der Waals surface area contributed by atoms with Crippen molar-refractivity contribution in [2.75, 3.05) is 7.11 Å². The minimum absolute atomic E-state index is 0. The van der Waals surface area contributed by atoms with Crippen LogP contribution in [0.2, 0.25) is 0 Å². The van der Waals surface area contributed by atoms with Gasteiger partial charge in [0.25, 0.3) is 0 Å². The van der Waals surface area contributed by atoms with E-state index in [1.807, 2.05) is 95.1 Å².